The lowest BCUT2D eigenvalue weighted by Crippen LogP contribution is -1.99. The van der Waals surface area contributed by atoms with Crippen molar-refractivity contribution in [2.45, 2.75) is 13.8 Å². The maximum Gasteiger partial charge on any atom is 0.188 e. The first-order valence-electron chi connectivity index (χ1n) is 4.50. The predicted octanol–water partition coefficient (Wildman–Crippen LogP) is 2.84. The number of hydrogen-bond acceptors (Lipinski definition) is 2. The third kappa shape index (κ3) is 2.22. The first kappa shape index (κ1) is 10.5. The second-order valence-corrected chi connectivity index (χ2v) is 3.03. The molecule has 0 heterocycles. The molecule has 0 aliphatic rings. The van der Waals surface area contributed by atoms with E-state index in [1.54, 1.807) is 31.4 Å². The Balaban J connectivity index is 2.92. The van der Waals surface area contributed by atoms with E-state index in [1.807, 2.05) is 19.9 Å². The van der Waals surface area contributed by atoms with Crippen LogP contribution in [0.3, 0.4) is 0 Å². The molecule has 0 aliphatic heterocycles. The standard InChI is InChI=1S/C12H14O2/c1-4-9(2)12(13)10-5-7-11(14-3)8-6-10/h4-8H,1-3H3. The normalized spacial score (nSPS) is 11.2. The van der Waals surface area contributed by atoms with Gasteiger partial charge >= 0.3 is 0 Å². The fraction of sp³-hybridized carbons (Fsp3) is 0.250. The van der Waals surface area contributed by atoms with Crippen molar-refractivity contribution in [1.82, 2.24) is 0 Å². The summed E-state index contributed by atoms with van der Waals surface area (Å²) in [5.74, 6) is 0.829. The molecule has 2 heteroatoms. The number of hydrogen-bond donors (Lipinski definition) is 0. The number of ketones is 1. The van der Waals surface area contributed by atoms with Gasteiger partial charge in [-0.15, -0.1) is 0 Å². The third-order valence-electron chi connectivity index (χ3n) is 2.14. The molecule has 0 unspecified atom stereocenters. The van der Waals surface area contributed by atoms with E-state index in [0.29, 0.717) is 5.56 Å². The Kier molecular flexibility index (Phi) is 3.46. The number of allylic oxidation sites excluding steroid dienone is 2. The van der Waals surface area contributed by atoms with Gasteiger partial charge in [-0.2, -0.15) is 0 Å². The van der Waals surface area contributed by atoms with Crippen LogP contribution in [0.2, 0.25) is 0 Å². The summed E-state index contributed by atoms with van der Waals surface area (Å²) >= 11 is 0. The van der Waals surface area contributed by atoms with Crippen LogP contribution in [0.25, 0.3) is 0 Å². The fourth-order valence-electron chi connectivity index (χ4n) is 1.10. The summed E-state index contributed by atoms with van der Waals surface area (Å²) in [7, 11) is 1.61. The highest BCUT2D eigenvalue weighted by Crippen LogP contribution is 2.14. The van der Waals surface area contributed by atoms with Gasteiger partial charge in [0.25, 0.3) is 0 Å². The number of ether oxygens (including phenoxy) is 1. The Hall–Kier alpha value is -1.57. The molecule has 0 amide bonds. The van der Waals surface area contributed by atoms with Gasteiger partial charge in [-0.1, -0.05) is 6.08 Å². The summed E-state index contributed by atoms with van der Waals surface area (Å²) in [6.45, 7) is 3.67. The van der Waals surface area contributed by atoms with E-state index in [2.05, 4.69) is 0 Å². The fourth-order valence-corrected chi connectivity index (χ4v) is 1.10. The van der Waals surface area contributed by atoms with Crippen molar-refractivity contribution in [3.05, 3.63) is 41.5 Å². The van der Waals surface area contributed by atoms with Crippen LogP contribution in [-0.4, -0.2) is 12.9 Å². The molecule has 2 nitrogen and oxygen atoms in total. The highest BCUT2D eigenvalue weighted by Gasteiger charge is 2.06. The molecule has 0 fully saturated rings. The molecule has 74 valence electrons. The minimum absolute atomic E-state index is 0.0650. The average Bonchev–Trinajstić information content (AvgIpc) is 2.27. The van der Waals surface area contributed by atoms with E-state index in [1.165, 1.54) is 0 Å². The summed E-state index contributed by atoms with van der Waals surface area (Å²) < 4.78 is 5.01. The van der Waals surface area contributed by atoms with Gasteiger partial charge < -0.3 is 4.74 Å². The summed E-state index contributed by atoms with van der Waals surface area (Å²) in [4.78, 5) is 11.7. The van der Waals surface area contributed by atoms with Gasteiger partial charge in [0.2, 0.25) is 0 Å². The largest absolute Gasteiger partial charge is 0.497 e. The number of methoxy groups -OCH3 is 1. The van der Waals surface area contributed by atoms with Crippen LogP contribution >= 0.6 is 0 Å². The molecule has 1 aromatic carbocycles. The SMILES string of the molecule is CC=C(C)C(=O)c1ccc(OC)cc1. The molecule has 0 aliphatic carbocycles. The molecule has 0 aromatic heterocycles. The first-order chi connectivity index (χ1) is 6.69. The van der Waals surface area contributed by atoms with Crippen LogP contribution in [0.4, 0.5) is 0 Å². The number of carbonyl (C=O) groups is 1. The Morgan fingerprint density at radius 3 is 2.29 bits per heavy atom. The van der Waals surface area contributed by atoms with Crippen molar-refractivity contribution in [2.24, 2.45) is 0 Å². The molecular weight excluding hydrogens is 176 g/mol. The Bertz CT molecular complexity index is 347. The van der Waals surface area contributed by atoms with Gasteiger partial charge in [-0.05, 0) is 43.7 Å². The quantitative estimate of drug-likeness (QED) is 0.541. The summed E-state index contributed by atoms with van der Waals surface area (Å²) in [6.07, 6.45) is 1.81. The van der Waals surface area contributed by atoms with Crippen molar-refractivity contribution in [2.75, 3.05) is 7.11 Å². The maximum atomic E-state index is 11.7. The van der Waals surface area contributed by atoms with E-state index in [9.17, 15) is 4.79 Å². The minimum atomic E-state index is 0.0650. The van der Waals surface area contributed by atoms with Gasteiger partial charge in [0.1, 0.15) is 5.75 Å². The number of rotatable bonds is 3. The van der Waals surface area contributed by atoms with Crippen molar-refractivity contribution < 1.29 is 9.53 Å². The predicted molar refractivity (Wildman–Crippen MR) is 56.8 cm³/mol. The van der Waals surface area contributed by atoms with Gasteiger partial charge in [0.05, 0.1) is 7.11 Å². The van der Waals surface area contributed by atoms with Gasteiger partial charge in [0, 0.05) is 5.56 Å². The zero-order chi connectivity index (χ0) is 10.6. The Morgan fingerprint density at radius 1 is 1.29 bits per heavy atom. The number of benzene rings is 1. The van der Waals surface area contributed by atoms with Gasteiger partial charge in [-0.25, -0.2) is 0 Å². The summed E-state index contributed by atoms with van der Waals surface area (Å²) in [6, 6.07) is 7.12. The molecule has 0 bridgehead atoms. The zero-order valence-electron chi connectivity index (χ0n) is 8.70. The molecule has 0 radical (unpaired) electrons. The number of Topliss-reactive ketones (excluding diaryl/α,β-unsaturated/α-hetero) is 1. The van der Waals surface area contributed by atoms with Gasteiger partial charge in [-0.3, -0.25) is 4.79 Å². The Labute approximate surface area is 84.2 Å². The van der Waals surface area contributed by atoms with Gasteiger partial charge in [0.15, 0.2) is 5.78 Å². The lowest BCUT2D eigenvalue weighted by Gasteiger charge is -2.02. The van der Waals surface area contributed by atoms with Crippen molar-refractivity contribution in [1.29, 1.82) is 0 Å². The topological polar surface area (TPSA) is 26.3 Å². The van der Waals surface area contributed by atoms with E-state index in [0.717, 1.165) is 11.3 Å². The third-order valence-corrected chi connectivity index (χ3v) is 2.14. The molecule has 0 spiro atoms. The zero-order valence-corrected chi connectivity index (χ0v) is 8.70. The highest BCUT2D eigenvalue weighted by molar-refractivity contribution is 6.08. The minimum Gasteiger partial charge on any atom is -0.497 e. The van der Waals surface area contributed by atoms with E-state index < -0.39 is 0 Å². The second-order valence-electron chi connectivity index (χ2n) is 3.03. The van der Waals surface area contributed by atoms with E-state index in [-0.39, 0.29) is 5.78 Å². The summed E-state index contributed by atoms with van der Waals surface area (Å²) in [5, 5.41) is 0. The lowest BCUT2D eigenvalue weighted by atomic mass is 10.0. The average molecular weight is 190 g/mol. The molecule has 0 saturated carbocycles. The molecule has 0 atom stereocenters. The second kappa shape index (κ2) is 4.61. The first-order valence-corrected chi connectivity index (χ1v) is 4.50. The van der Waals surface area contributed by atoms with Crippen LogP contribution in [-0.2, 0) is 0 Å². The van der Waals surface area contributed by atoms with Crippen LogP contribution in [0.5, 0.6) is 5.75 Å². The monoisotopic (exact) mass is 190 g/mol. The van der Waals surface area contributed by atoms with Crippen molar-refractivity contribution in [3.8, 4) is 5.75 Å². The van der Waals surface area contributed by atoms with Crippen molar-refractivity contribution >= 4 is 5.78 Å². The molecule has 0 N–H and O–H groups in total. The van der Waals surface area contributed by atoms with Crippen LogP contribution < -0.4 is 4.74 Å². The van der Waals surface area contributed by atoms with Crippen LogP contribution in [0.1, 0.15) is 24.2 Å². The van der Waals surface area contributed by atoms with E-state index >= 15 is 0 Å². The Morgan fingerprint density at radius 2 is 1.86 bits per heavy atom. The highest BCUT2D eigenvalue weighted by atomic mass is 16.5. The smallest absolute Gasteiger partial charge is 0.188 e. The van der Waals surface area contributed by atoms with Crippen LogP contribution in [0, 0.1) is 0 Å². The molecule has 14 heavy (non-hydrogen) atoms. The van der Waals surface area contributed by atoms with Crippen LogP contribution in [0.15, 0.2) is 35.9 Å². The molecular formula is C12H14O2. The molecule has 0 saturated heterocycles. The molecule has 1 aromatic rings. The van der Waals surface area contributed by atoms with E-state index in [4.69, 9.17) is 4.74 Å². The van der Waals surface area contributed by atoms with Crippen molar-refractivity contribution in [3.63, 3.8) is 0 Å². The maximum absolute atomic E-state index is 11.7. The lowest BCUT2D eigenvalue weighted by molar-refractivity contribution is 0.103. The summed E-state index contributed by atoms with van der Waals surface area (Å²) in [5.41, 5.74) is 1.46. The molecule has 1 rings (SSSR count). The number of carbonyl (C=O) groups excluding carboxylic acids is 1.